The zero-order valence-electron chi connectivity index (χ0n) is 16.1. The highest BCUT2D eigenvalue weighted by molar-refractivity contribution is 14.0. The van der Waals surface area contributed by atoms with Crippen LogP contribution >= 0.6 is 24.0 Å². The number of ether oxygens (including phenoxy) is 2. The first-order valence-corrected chi connectivity index (χ1v) is 8.80. The lowest BCUT2D eigenvalue weighted by molar-refractivity contribution is -0.119. The maximum atomic E-state index is 11.7. The van der Waals surface area contributed by atoms with Crippen LogP contribution in [0.4, 0.5) is 0 Å². The number of guanidine groups is 1. The lowest BCUT2D eigenvalue weighted by Gasteiger charge is -2.12. The maximum absolute atomic E-state index is 11.7. The van der Waals surface area contributed by atoms with Crippen molar-refractivity contribution in [1.29, 1.82) is 0 Å². The van der Waals surface area contributed by atoms with E-state index in [2.05, 4.69) is 27.5 Å². The summed E-state index contributed by atoms with van der Waals surface area (Å²) in [5.41, 5.74) is 1.05. The molecule has 0 aliphatic rings. The molecule has 3 N–H and O–H groups in total. The van der Waals surface area contributed by atoms with E-state index in [1.54, 1.807) is 13.2 Å². The Morgan fingerprint density at radius 2 is 1.96 bits per heavy atom. The Bertz CT molecular complexity index is 565. The van der Waals surface area contributed by atoms with Crippen molar-refractivity contribution in [3.63, 3.8) is 0 Å². The van der Waals surface area contributed by atoms with Gasteiger partial charge >= 0.3 is 0 Å². The molecule has 0 spiro atoms. The number of amides is 1. The molecule has 0 unspecified atom stereocenters. The molecule has 7 nitrogen and oxygen atoms in total. The van der Waals surface area contributed by atoms with Crippen molar-refractivity contribution in [2.45, 2.75) is 19.9 Å². The average molecular weight is 490 g/mol. The SMILES string of the molecule is C=CCNC(=O)CNC(=NCc1ccc(OC)cc1)NCCCOCC.I. The molecule has 1 aromatic carbocycles. The highest BCUT2D eigenvalue weighted by Crippen LogP contribution is 2.11. The molecule has 0 aromatic heterocycles. The van der Waals surface area contributed by atoms with E-state index < -0.39 is 0 Å². The number of carbonyl (C=O) groups excluding carboxylic acids is 1. The monoisotopic (exact) mass is 490 g/mol. The fourth-order valence-electron chi connectivity index (χ4n) is 2.01. The molecule has 0 atom stereocenters. The second-order valence-corrected chi connectivity index (χ2v) is 5.44. The van der Waals surface area contributed by atoms with Crippen LogP contribution < -0.4 is 20.7 Å². The summed E-state index contributed by atoms with van der Waals surface area (Å²) < 4.78 is 10.5. The van der Waals surface area contributed by atoms with E-state index >= 15 is 0 Å². The molecule has 0 bridgehead atoms. The highest BCUT2D eigenvalue weighted by atomic mass is 127. The van der Waals surface area contributed by atoms with Gasteiger partial charge in [-0.1, -0.05) is 18.2 Å². The summed E-state index contributed by atoms with van der Waals surface area (Å²) in [7, 11) is 1.64. The molecule has 1 amide bonds. The summed E-state index contributed by atoms with van der Waals surface area (Å²) in [6.07, 6.45) is 2.50. The van der Waals surface area contributed by atoms with Crippen LogP contribution in [0.2, 0.25) is 0 Å². The molecule has 0 heterocycles. The number of hydrogen-bond acceptors (Lipinski definition) is 4. The molecule has 0 aliphatic heterocycles. The molecule has 8 heteroatoms. The topological polar surface area (TPSA) is 84.0 Å². The van der Waals surface area contributed by atoms with E-state index in [1.807, 2.05) is 31.2 Å². The van der Waals surface area contributed by atoms with Crippen LogP contribution in [0.25, 0.3) is 0 Å². The minimum Gasteiger partial charge on any atom is -0.497 e. The first-order valence-electron chi connectivity index (χ1n) is 8.80. The molecule has 0 saturated carbocycles. The van der Waals surface area contributed by atoms with Gasteiger partial charge in [-0.15, -0.1) is 30.6 Å². The predicted molar refractivity (Wildman–Crippen MR) is 120 cm³/mol. The zero-order valence-corrected chi connectivity index (χ0v) is 18.5. The van der Waals surface area contributed by atoms with Crippen LogP contribution in [0, 0.1) is 0 Å². The quantitative estimate of drug-likeness (QED) is 0.137. The van der Waals surface area contributed by atoms with Crippen molar-refractivity contribution in [2.75, 3.05) is 40.0 Å². The van der Waals surface area contributed by atoms with E-state index in [-0.39, 0.29) is 36.4 Å². The smallest absolute Gasteiger partial charge is 0.239 e. The molecule has 0 saturated heterocycles. The zero-order chi connectivity index (χ0) is 19.0. The van der Waals surface area contributed by atoms with Crippen molar-refractivity contribution in [1.82, 2.24) is 16.0 Å². The van der Waals surface area contributed by atoms with Crippen LogP contribution in [-0.4, -0.2) is 51.8 Å². The Labute approximate surface area is 179 Å². The summed E-state index contributed by atoms with van der Waals surface area (Å²) in [4.78, 5) is 16.3. The molecule has 1 aromatic rings. The third-order valence-electron chi connectivity index (χ3n) is 3.40. The number of nitrogens with one attached hydrogen (secondary N) is 3. The van der Waals surface area contributed by atoms with Crippen molar-refractivity contribution in [2.24, 2.45) is 4.99 Å². The van der Waals surface area contributed by atoms with Crippen LogP contribution in [0.3, 0.4) is 0 Å². The Hall–Kier alpha value is -1.81. The van der Waals surface area contributed by atoms with E-state index in [9.17, 15) is 4.79 Å². The van der Waals surface area contributed by atoms with E-state index in [4.69, 9.17) is 9.47 Å². The lowest BCUT2D eigenvalue weighted by atomic mass is 10.2. The van der Waals surface area contributed by atoms with Gasteiger partial charge in [0.15, 0.2) is 5.96 Å². The van der Waals surface area contributed by atoms with Gasteiger partial charge in [-0.05, 0) is 31.0 Å². The van der Waals surface area contributed by atoms with Crippen molar-refractivity contribution in [3.8, 4) is 5.75 Å². The predicted octanol–water partition coefficient (Wildman–Crippen LogP) is 2.08. The normalized spacial score (nSPS) is 10.5. The van der Waals surface area contributed by atoms with E-state index in [0.29, 0.717) is 38.8 Å². The largest absolute Gasteiger partial charge is 0.497 e. The number of rotatable bonds is 12. The van der Waals surface area contributed by atoms with Crippen LogP contribution in [0.15, 0.2) is 41.9 Å². The minimum absolute atomic E-state index is 0. The van der Waals surface area contributed by atoms with Gasteiger partial charge in [0.1, 0.15) is 5.75 Å². The van der Waals surface area contributed by atoms with Crippen LogP contribution in [0.1, 0.15) is 18.9 Å². The number of nitrogens with zero attached hydrogens (tertiary/aromatic N) is 1. The number of methoxy groups -OCH3 is 1. The van der Waals surface area contributed by atoms with Crippen molar-refractivity contribution < 1.29 is 14.3 Å². The number of hydrogen-bond donors (Lipinski definition) is 3. The summed E-state index contributed by atoms with van der Waals surface area (Å²) >= 11 is 0. The summed E-state index contributed by atoms with van der Waals surface area (Å²) in [6.45, 7) is 8.75. The molecule has 27 heavy (non-hydrogen) atoms. The third-order valence-corrected chi connectivity index (χ3v) is 3.40. The van der Waals surface area contributed by atoms with Gasteiger partial charge in [0, 0.05) is 26.3 Å². The van der Waals surface area contributed by atoms with Gasteiger partial charge in [0.25, 0.3) is 0 Å². The molecular formula is C19H31IN4O3. The van der Waals surface area contributed by atoms with Gasteiger partial charge in [-0.2, -0.15) is 0 Å². The van der Waals surface area contributed by atoms with Gasteiger partial charge < -0.3 is 25.4 Å². The van der Waals surface area contributed by atoms with Crippen molar-refractivity contribution in [3.05, 3.63) is 42.5 Å². The summed E-state index contributed by atoms with van der Waals surface area (Å²) in [5.74, 6) is 1.29. The Balaban J connectivity index is 0.00000676. The van der Waals surface area contributed by atoms with Crippen LogP contribution in [0.5, 0.6) is 5.75 Å². The second kappa shape index (κ2) is 16.4. The van der Waals surface area contributed by atoms with Gasteiger partial charge in [-0.25, -0.2) is 4.99 Å². The fraction of sp³-hybridized carbons (Fsp3) is 0.474. The number of carbonyl (C=O) groups is 1. The molecule has 1 rings (SSSR count). The van der Waals surface area contributed by atoms with Gasteiger partial charge in [0.2, 0.25) is 5.91 Å². The molecule has 0 radical (unpaired) electrons. The first kappa shape index (κ1) is 25.2. The summed E-state index contributed by atoms with van der Waals surface area (Å²) in [6, 6.07) is 7.73. The Morgan fingerprint density at radius 3 is 2.59 bits per heavy atom. The summed E-state index contributed by atoms with van der Waals surface area (Å²) in [5, 5.41) is 8.98. The number of aliphatic imine (C=N–C) groups is 1. The Morgan fingerprint density at radius 1 is 1.22 bits per heavy atom. The number of benzene rings is 1. The first-order chi connectivity index (χ1) is 12.7. The lowest BCUT2D eigenvalue weighted by Crippen LogP contribution is -2.43. The van der Waals surface area contributed by atoms with Gasteiger partial charge in [-0.3, -0.25) is 4.79 Å². The van der Waals surface area contributed by atoms with E-state index in [0.717, 1.165) is 17.7 Å². The third kappa shape index (κ3) is 12.2. The van der Waals surface area contributed by atoms with Crippen molar-refractivity contribution >= 4 is 35.8 Å². The molecule has 0 aliphatic carbocycles. The maximum Gasteiger partial charge on any atom is 0.239 e. The molecule has 0 fully saturated rings. The minimum atomic E-state index is -0.113. The van der Waals surface area contributed by atoms with E-state index in [1.165, 1.54) is 0 Å². The fourth-order valence-corrected chi connectivity index (χ4v) is 2.01. The van der Waals surface area contributed by atoms with Crippen LogP contribution in [-0.2, 0) is 16.1 Å². The average Bonchev–Trinajstić information content (AvgIpc) is 2.68. The molecule has 152 valence electrons. The second-order valence-electron chi connectivity index (χ2n) is 5.44. The molecular weight excluding hydrogens is 459 g/mol. The Kier molecular flexibility index (Phi) is 15.3. The van der Waals surface area contributed by atoms with Gasteiger partial charge in [0.05, 0.1) is 20.2 Å². The highest BCUT2D eigenvalue weighted by Gasteiger charge is 2.03. The number of halogens is 1. The standard InChI is InChI=1S/C19H30N4O3.HI/c1-4-11-20-18(24)15-23-19(21-12-6-13-26-5-2)22-14-16-7-9-17(25-3)10-8-16;/h4,7-10H,1,5-6,11-15H2,2-3H3,(H,20,24)(H2,21,22,23);1H.